The lowest BCUT2D eigenvalue weighted by atomic mass is 10.1. The number of hydrogen-bond donors (Lipinski definition) is 2. The average molecular weight is 304 g/mol. The van der Waals surface area contributed by atoms with Crippen molar-refractivity contribution in [2.75, 3.05) is 18.2 Å². The Morgan fingerprint density at radius 3 is 2.86 bits per heavy atom. The minimum Gasteiger partial charge on any atom is -0.465 e. The Kier molecular flexibility index (Phi) is 4.94. The van der Waals surface area contributed by atoms with Gasteiger partial charge in [0.1, 0.15) is 4.88 Å². The van der Waals surface area contributed by atoms with Gasteiger partial charge in [-0.25, -0.2) is 4.79 Å². The molecule has 1 aromatic heterocycles. The number of amides is 1. The number of nitrogens with two attached hydrogens (primary N) is 1. The highest BCUT2D eigenvalue weighted by Crippen LogP contribution is 2.23. The number of nitrogens with one attached hydrogen (secondary N) is 1. The molecule has 2 rings (SSSR count). The number of esters is 1. The van der Waals surface area contributed by atoms with Gasteiger partial charge in [-0.2, -0.15) is 0 Å². The Labute approximate surface area is 126 Å². The third kappa shape index (κ3) is 4.06. The molecule has 0 unspecified atom stereocenters. The molecule has 0 radical (unpaired) electrons. The standard InChI is InChI=1S/C15H16N2O3S/c1-20-15(19)14-12(7-8-21-14)17-13(18)6-5-10-3-2-4-11(16)9-10/h2-4,7-9H,5-6,16H2,1H3,(H,17,18). The molecule has 21 heavy (non-hydrogen) atoms. The molecule has 3 N–H and O–H groups in total. The monoisotopic (exact) mass is 304 g/mol. The molecule has 0 spiro atoms. The second kappa shape index (κ2) is 6.90. The van der Waals surface area contributed by atoms with Crippen LogP contribution in [0.3, 0.4) is 0 Å². The number of thiophene rings is 1. The van der Waals surface area contributed by atoms with Crippen LogP contribution in [-0.4, -0.2) is 19.0 Å². The van der Waals surface area contributed by atoms with E-state index >= 15 is 0 Å². The number of methoxy groups -OCH3 is 1. The third-order valence-electron chi connectivity index (χ3n) is 2.90. The number of ether oxygens (including phenoxy) is 1. The topological polar surface area (TPSA) is 81.4 Å². The van der Waals surface area contributed by atoms with Gasteiger partial charge >= 0.3 is 5.97 Å². The molecule has 0 atom stereocenters. The Balaban J connectivity index is 1.93. The maximum atomic E-state index is 11.9. The average Bonchev–Trinajstić information content (AvgIpc) is 2.92. The Bertz CT molecular complexity index is 652. The van der Waals surface area contributed by atoms with E-state index in [4.69, 9.17) is 5.73 Å². The van der Waals surface area contributed by atoms with Crippen molar-refractivity contribution in [2.24, 2.45) is 0 Å². The number of rotatable bonds is 5. The van der Waals surface area contributed by atoms with E-state index in [0.29, 0.717) is 29.1 Å². The van der Waals surface area contributed by atoms with Crippen LogP contribution in [0.4, 0.5) is 11.4 Å². The second-order valence-corrected chi connectivity index (χ2v) is 5.36. The van der Waals surface area contributed by atoms with Crippen molar-refractivity contribution in [3.05, 3.63) is 46.2 Å². The Morgan fingerprint density at radius 2 is 2.14 bits per heavy atom. The minimum absolute atomic E-state index is 0.152. The fraction of sp³-hybridized carbons (Fsp3) is 0.200. The lowest BCUT2D eigenvalue weighted by Crippen LogP contribution is -2.14. The molecule has 0 aliphatic rings. The summed E-state index contributed by atoms with van der Waals surface area (Å²) in [4.78, 5) is 23.9. The van der Waals surface area contributed by atoms with Crippen LogP contribution in [0, 0.1) is 0 Å². The van der Waals surface area contributed by atoms with Gasteiger partial charge in [-0.05, 0) is 35.6 Å². The molecule has 0 saturated heterocycles. The summed E-state index contributed by atoms with van der Waals surface area (Å²) in [6.07, 6.45) is 0.911. The van der Waals surface area contributed by atoms with Crippen molar-refractivity contribution >= 4 is 34.6 Å². The van der Waals surface area contributed by atoms with Crippen LogP contribution in [-0.2, 0) is 16.0 Å². The molecule has 0 bridgehead atoms. The first-order chi connectivity index (χ1) is 10.1. The first-order valence-corrected chi connectivity index (χ1v) is 7.28. The fourth-order valence-electron chi connectivity index (χ4n) is 1.88. The largest absolute Gasteiger partial charge is 0.465 e. The first kappa shape index (κ1) is 15.1. The smallest absolute Gasteiger partial charge is 0.350 e. The maximum absolute atomic E-state index is 11.9. The van der Waals surface area contributed by atoms with Gasteiger partial charge in [0.15, 0.2) is 0 Å². The van der Waals surface area contributed by atoms with Crippen molar-refractivity contribution in [1.29, 1.82) is 0 Å². The molecule has 0 aliphatic heterocycles. The Morgan fingerprint density at radius 1 is 1.33 bits per heavy atom. The lowest BCUT2D eigenvalue weighted by molar-refractivity contribution is -0.116. The molecular formula is C15H16N2O3S. The number of hydrogen-bond acceptors (Lipinski definition) is 5. The van der Waals surface area contributed by atoms with Crippen LogP contribution < -0.4 is 11.1 Å². The first-order valence-electron chi connectivity index (χ1n) is 6.40. The van der Waals surface area contributed by atoms with Crippen LogP contribution in [0.2, 0.25) is 0 Å². The minimum atomic E-state index is -0.448. The number of carbonyl (C=O) groups excluding carboxylic acids is 2. The van der Waals surface area contributed by atoms with E-state index in [9.17, 15) is 9.59 Å². The van der Waals surface area contributed by atoms with Gasteiger partial charge in [0.05, 0.1) is 12.8 Å². The van der Waals surface area contributed by atoms with Crippen molar-refractivity contribution in [2.45, 2.75) is 12.8 Å². The summed E-state index contributed by atoms with van der Waals surface area (Å²) in [5, 5.41) is 4.47. The molecule has 1 amide bonds. The van der Waals surface area contributed by atoms with Gasteiger partial charge in [-0.3, -0.25) is 4.79 Å². The molecule has 110 valence electrons. The summed E-state index contributed by atoms with van der Waals surface area (Å²) in [6.45, 7) is 0. The van der Waals surface area contributed by atoms with E-state index in [0.717, 1.165) is 5.56 Å². The highest BCUT2D eigenvalue weighted by atomic mass is 32.1. The lowest BCUT2D eigenvalue weighted by Gasteiger charge is -2.06. The van der Waals surface area contributed by atoms with E-state index in [-0.39, 0.29) is 5.91 Å². The maximum Gasteiger partial charge on any atom is 0.350 e. The molecule has 6 heteroatoms. The highest BCUT2D eigenvalue weighted by molar-refractivity contribution is 7.12. The van der Waals surface area contributed by atoms with E-state index in [1.54, 1.807) is 17.5 Å². The zero-order valence-corrected chi connectivity index (χ0v) is 12.4. The van der Waals surface area contributed by atoms with Crippen molar-refractivity contribution < 1.29 is 14.3 Å². The van der Waals surface area contributed by atoms with Crippen LogP contribution in [0.5, 0.6) is 0 Å². The zero-order chi connectivity index (χ0) is 15.2. The predicted octanol–water partition coefficient (Wildman–Crippen LogP) is 2.69. The highest BCUT2D eigenvalue weighted by Gasteiger charge is 2.15. The van der Waals surface area contributed by atoms with E-state index in [1.807, 2.05) is 18.2 Å². The van der Waals surface area contributed by atoms with E-state index < -0.39 is 5.97 Å². The number of anilines is 2. The van der Waals surface area contributed by atoms with Gasteiger partial charge in [-0.1, -0.05) is 12.1 Å². The normalized spacial score (nSPS) is 10.1. The van der Waals surface area contributed by atoms with Gasteiger partial charge < -0.3 is 15.8 Å². The fourth-order valence-corrected chi connectivity index (χ4v) is 2.64. The van der Waals surface area contributed by atoms with Crippen LogP contribution >= 0.6 is 11.3 Å². The second-order valence-electron chi connectivity index (χ2n) is 4.45. The summed E-state index contributed by atoms with van der Waals surface area (Å²) in [7, 11) is 1.31. The van der Waals surface area contributed by atoms with Crippen molar-refractivity contribution in [3.8, 4) is 0 Å². The SMILES string of the molecule is COC(=O)c1sccc1NC(=O)CCc1cccc(N)c1. The molecular weight excluding hydrogens is 288 g/mol. The molecule has 0 saturated carbocycles. The predicted molar refractivity (Wildman–Crippen MR) is 83.5 cm³/mol. The van der Waals surface area contributed by atoms with Crippen LogP contribution in [0.15, 0.2) is 35.7 Å². The number of aryl methyl sites for hydroxylation is 1. The third-order valence-corrected chi connectivity index (χ3v) is 3.80. The molecule has 1 aromatic carbocycles. The summed E-state index contributed by atoms with van der Waals surface area (Å²) in [5.74, 6) is -0.600. The molecule has 2 aromatic rings. The van der Waals surface area contributed by atoms with Crippen LogP contribution in [0.1, 0.15) is 21.7 Å². The van der Waals surface area contributed by atoms with Gasteiger partial charge in [-0.15, -0.1) is 11.3 Å². The quantitative estimate of drug-likeness (QED) is 0.657. The summed E-state index contributed by atoms with van der Waals surface area (Å²) in [6, 6.07) is 9.12. The molecule has 5 nitrogen and oxygen atoms in total. The number of benzene rings is 1. The van der Waals surface area contributed by atoms with Gasteiger partial charge in [0.2, 0.25) is 5.91 Å². The molecule has 0 aliphatic carbocycles. The molecule has 0 fully saturated rings. The number of carbonyl (C=O) groups is 2. The van der Waals surface area contributed by atoms with Crippen LogP contribution in [0.25, 0.3) is 0 Å². The van der Waals surface area contributed by atoms with Gasteiger partial charge in [0, 0.05) is 12.1 Å². The summed E-state index contributed by atoms with van der Waals surface area (Å²) >= 11 is 1.23. The molecule has 1 heterocycles. The van der Waals surface area contributed by atoms with Crippen molar-refractivity contribution in [3.63, 3.8) is 0 Å². The van der Waals surface area contributed by atoms with Gasteiger partial charge in [0.25, 0.3) is 0 Å². The van der Waals surface area contributed by atoms with Crippen molar-refractivity contribution in [1.82, 2.24) is 0 Å². The summed E-state index contributed by atoms with van der Waals surface area (Å²) < 4.78 is 4.67. The Hall–Kier alpha value is -2.34. The zero-order valence-electron chi connectivity index (χ0n) is 11.6. The summed E-state index contributed by atoms with van der Waals surface area (Å²) in [5.41, 5.74) is 7.87. The number of nitrogen functional groups attached to an aromatic ring is 1. The van der Waals surface area contributed by atoms with E-state index in [1.165, 1.54) is 18.4 Å². The van der Waals surface area contributed by atoms with E-state index in [2.05, 4.69) is 10.1 Å².